The van der Waals surface area contributed by atoms with Crippen LogP contribution in [-0.2, 0) is 4.79 Å². The number of imidazole rings is 1. The van der Waals surface area contributed by atoms with E-state index in [9.17, 15) is 10.1 Å². The van der Waals surface area contributed by atoms with Gasteiger partial charge in [-0.3, -0.25) is 10.1 Å². The van der Waals surface area contributed by atoms with E-state index in [1.807, 2.05) is 85.8 Å². The van der Waals surface area contributed by atoms with Crippen LogP contribution in [0.25, 0.3) is 33.5 Å². The number of nitriles is 1. The number of carbonyl (C=O) groups is 1. The summed E-state index contributed by atoms with van der Waals surface area (Å²) in [6, 6.07) is 27.3. The Balaban J connectivity index is 1.42. The first-order chi connectivity index (χ1) is 16.6. The Bertz CT molecular complexity index is 1520. The second-order valence-electron chi connectivity index (χ2n) is 7.75. The summed E-state index contributed by atoms with van der Waals surface area (Å²) in [5, 5.41) is 13.4. The number of fused-ring (bicyclic) bond motifs is 1. The van der Waals surface area contributed by atoms with E-state index in [-0.39, 0.29) is 17.5 Å². The predicted molar refractivity (Wildman–Crippen MR) is 134 cm³/mol. The minimum atomic E-state index is -0.286. The number of aryl methyl sites for hydroxylation is 1. The van der Waals surface area contributed by atoms with Crippen molar-refractivity contribution in [3.63, 3.8) is 0 Å². The zero-order chi connectivity index (χ0) is 23.5. The van der Waals surface area contributed by atoms with Crippen molar-refractivity contribution in [1.29, 1.82) is 5.26 Å². The second-order valence-corrected chi connectivity index (χ2v) is 8.72. The number of rotatable bonds is 6. The summed E-state index contributed by atoms with van der Waals surface area (Å²) in [7, 11) is 0. The van der Waals surface area contributed by atoms with Gasteiger partial charge in [-0.05, 0) is 30.2 Å². The fourth-order valence-electron chi connectivity index (χ4n) is 3.76. The third-order valence-corrected chi connectivity index (χ3v) is 6.20. The Morgan fingerprint density at radius 3 is 2.47 bits per heavy atom. The van der Waals surface area contributed by atoms with Gasteiger partial charge in [0.05, 0.1) is 16.8 Å². The fraction of sp³-hybridized carbons (Fsp3) is 0.0741. The number of H-pyrrole nitrogens is 1. The van der Waals surface area contributed by atoms with E-state index in [0.717, 1.165) is 27.7 Å². The molecule has 1 amide bonds. The highest BCUT2D eigenvalue weighted by Crippen LogP contribution is 2.41. The van der Waals surface area contributed by atoms with E-state index in [0.29, 0.717) is 22.0 Å². The third-order valence-electron chi connectivity index (χ3n) is 5.33. The van der Waals surface area contributed by atoms with E-state index in [1.54, 1.807) is 0 Å². The lowest BCUT2D eigenvalue weighted by molar-refractivity contribution is -0.113. The van der Waals surface area contributed by atoms with Crippen molar-refractivity contribution in [1.82, 2.24) is 9.97 Å². The van der Waals surface area contributed by atoms with Gasteiger partial charge in [0.1, 0.15) is 17.4 Å². The molecule has 6 nitrogen and oxygen atoms in total. The quantitative estimate of drug-likeness (QED) is 0.284. The molecule has 0 saturated heterocycles. The lowest BCUT2D eigenvalue weighted by Gasteiger charge is -2.03. The number of thioether (sulfide) groups is 1. The molecule has 0 saturated carbocycles. The molecule has 2 N–H and O–H groups in total. The number of amides is 1. The highest BCUT2D eigenvalue weighted by molar-refractivity contribution is 7.99. The molecular formula is C27H20N4O2S. The number of hydrogen-bond acceptors (Lipinski definition) is 5. The van der Waals surface area contributed by atoms with Gasteiger partial charge >= 0.3 is 0 Å². The number of aromatic amines is 1. The molecule has 166 valence electrons. The van der Waals surface area contributed by atoms with Gasteiger partial charge in [-0.15, -0.1) is 0 Å². The number of nitrogens with zero attached hydrogens (tertiary/aromatic N) is 2. The Morgan fingerprint density at radius 2 is 1.76 bits per heavy atom. The normalized spacial score (nSPS) is 10.8. The Morgan fingerprint density at radius 1 is 1.06 bits per heavy atom. The molecule has 0 aliphatic heterocycles. The minimum Gasteiger partial charge on any atom is -0.438 e. The average molecular weight is 465 g/mol. The lowest BCUT2D eigenvalue weighted by atomic mass is 9.98. The van der Waals surface area contributed by atoms with Crippen LogP contribution in [0.5, 0.6) is 0 Å². The van der Waals surface area contributed by atoms with Crippen LogP contribution >= 0.6 is 11.8 Å². The first-order valence-electron chi connectivity index (χ1n) is 10.7. The van der Waals surface area contributed by atoms with E-state index in [1.165, 1.54) is 11.8 Å². The van der Waals surface area contributed by atoms with Crippen molar-refractivity contribution in [2.24, 2.45) is 0 Å². The number of anilines is 1. The van der Waals surface area contributed by atoms with Gasteiger partial charge in [0, 0.05) is 11.1 Å². The molecule has 0 radical (unpaired) electrons. The highest BCUT2D eigenvalue weighted by atomic mass is 32.2. The largest absolute Gasteiger partial charge is 0.438 e. The Labute approximate surface area is 200 Å². The molecule has 2 heterocycles. The SMILES string of the molecule is Cc1ccc2nc(SCC(=O)Nc3oc(-c4ccccc4)c(-c4ccccc4)c3C#N)[nH]c2c1. The van der Waals surface area contributed by atoms with Gasteiger partial charge in [-0.2, -0.15) is 5.26 Å². The zero-order valence-electron chi connectivity index (χ0n) is 18.3. The van der Waals surface area contributed by atoms with Gasteiger partial charge in [0.2, 0.25) is 11.8 Å². The maximum absolute atomic E-state index is 12.8. The van der Waals surface area contributed by atoms with Crippen LogP contribution in [-0.4, -0.2) is 21.6 Å². The molecule has 2 aromatic heterocycles. The third kappa shape index (κ3) is 4.32. The van der Waals surface area contributed by atoms with Gasteiger partial charge in [-0.25, -0.2) is 4.98 Å². The van der Waals surface area contributed by atoms with Crippen LogP contribution in [0.1, 0.15) is 11.1 Å². The number of nitrogens with one attached hydrogen (secondary N) is 2. The zero-order valence-corrected chi connectivity index (χ0v) is 19.1. The average Bonchev–Trinajstić information content (AvgIpc) is 3.44. The summed E-state index contributed by atoms with van der Waals surface area (Å²) >= 11 is 1.29. The van der Waals surface area contributed by atoms with Gasteiger partial charge in [-0.1, -0.05) is 78.5 Å². The number of hydrogen-bond donors (Lipinski definition) is 2. The molecule has 0 fully saturated rings. The number of aromatic nitrogens is 2. The minimum absolute atomic E-state index is 0.117. The maximum atomic E-state index is 12.8. The first-order valence-corrected chi connectivity index (χ1v) is 11.7. The molecule has 7 heteroatoms. The maximum Gasteiger partial charge on any atom is 0.237 e. The summed E-state index contributed by atoms with van der Waals surface area (Å²) in [4.78, 5) is 20.5. The molecule has 5 rings (SSSR count). The van der Waals surface area contributed by atoms with Crippen molar-refractivity contribution in [3.8, 4) is 28.5 Å². The Kier molecular flexibility index (Phi) is 5.90. The molecule has 0 bridgehead atoms. The molecule has 3 aromatic carbocycles. The molecule has 34 heavy (non-hydrogen) atoms. The van der Waals surface area contributed by atoms with Crippen molar-refractivity contribution >= 4 is 34.6 Å². The van der Waals surface area contributed by atoms with Crippen LogP contribution in [0.4, 0.5) is 5.88 Å². The van der Waals surface area contributed by atoms with Crippen LogP contribution in [0.2, 0.25) is 0 Å². The van der Waals surface area contributed by atoms with E-state index < -0.39 is 0 Å². The molecule has 0 atom stereocenters. The summed E-state index contributed by atoms with van der Waals surface area (Å²) in [5.74, 6) is 0.516. The van der Waals surface area contributed by atoms with Crippen LogP contribution < -0.4 is 5.32 Å². The fourth-order valence-corrected chi connectivity index (χ4v) is 4.45. The lowest BCUT2D eigenvalue weighted by Crippen LogP contribution is -2.14. The number of benzene rings is 3. The molecule has 0 aliphatic rings. The molecule has 5 aromatic rings. The van der Waals surface area contributed by atoms with Crippen molar-refractivity contribution in [2.45, 2.75) is 12.1 Å². The highest BCUT2D eigenvalue weighted by Gasteiger charge is 2.24. The van der Waals surface area contributed by atoms with Crippen LogP contribution in [0.15, 0.2) is 88.4 Å². The topological polar surface area (TPSA) is 94.7 Å². The van der Waals surface area contributed by atoms with Gasteiger partial charge in [0.15, 0.2) is 5.16 Å². The summed E-state index contributed by atoms with van der Waals surface area (Å²) in [6.07, 6.45) is 0. The van der Waals surface area contributed by atoms with Crippen molar-refractivity contribution < 1.29 is 9.21 Å². The van der Waals surface area contributed by atoms with Crippen molar-refractivity contribution in [3.05, 3.63) is 90.0 Å². The predicted octanol–water partition coefficient (Wildman–Crippen LogP) is 6.40. The molecule has 0 aliphatic carbocycles. The summed E-state index contributed by atoms with van der Waals surface area (Å²) in [6.45, 7) is 2.02. The van der Waals surface area contributed by atoms with Crippen molar-refractivity contribution in [2.75, 3.05) is 11.1 Å². The first kappa shape index (κ1) is 21.6. The summed E-state index contributed by atoms with van der Waals surface area (Å²) in [5.41, 5.74) is 5.54. The monoisotopic (exact) mass is 464 g/mol. The van der Waals surface area contributed by atoms with Gasteiger partial charge in [0.25, 0.3) is 0 Å². The van der Waals surface area contributed by atoms with E-state index >= 15 is 0 Å². The van der Waals surface area contributed by atoms with Crippen LogP contribution in [0.3, 0.4) is 0 Å². The van der Waals surface area contributed by atoms with E-state index in [4.69, 9.17) is 4.42 Å². The van der Waals surface area contributed by atoms with E-state index in [2.05, 4.69) is 21.4 Å². The Hall–Kier alpha value is -4.28. The van der Waals surface area contributed by atoms with Crippen LogP contribution in [0, 0.1) is 18.3 Å². The molecular weight excluding hydrogens is 444 g/mol. The summed E-state index contributed by atoms with van der Waals surface area (Å²) < 4.78 is 6.07. The standard InChI is InChI=1S/C27H20N4O2S/c1-17-12-13-21-22(14-17)30-27(29-21)34-16-23(32)31-26-20(15-28)24(18-8-4-2-5-9-18)25(33-26)19-10-6-3-7-11-19/h2-14H,16H2,1H3,(H,29,30)(H,31,32). The number of carbonyl (C=O) groups excluding carboxylic acids is 1. The second kappa shape index (κ2) is 9.30. The number of furan rings is 1. The molecule has 0 unspecified atom stereocenters. The molecule has 0 spiro atoms. The smallest absolute Gasteiger partial charge is 0.237 e. The van der Waals surface area contributed by atoms with Gasteiger partial charge < -0.3 is 9.40 Å².